The van der Waals surface area contributed by atoms with Crippen LogP contribution in [-0.2, 0) is 17.9 Å². The van der Waals surface area contributed by atoms with Gasteiger partial charge < -0.3 is 14.8 Å². The molecule has 2 amide bonds. The molecule has 28 heavy (non-hydrogen) atoms. The highest BCUT2D eigenvalue weighted by atomic mass is 32.1. The van der Waals surface area contributed by atoms with E-state index in [1.807, 2.05) is 40.4 Å². The molecule has 144 valence electrons. The van der Waals surface area contributed by atoms with E-state index >= 15 is 0 Å². The summed E-state index contributed by atoms with van der Waals surface area (Å²) >= 11 is 1.42. The molecule has 0 aromatic carbocycles. The van der Waals surface area contributed by atoms with E-state index in [2.05, 4.69) is 15.3 Å². The van der Waals surface area contributed by atoms with Crippen LogP contribution >= 0.6 is 11.3 Å². The van der Waals surface area contributed by atoms with E-state index in [1.165, 1.54) is 11.3 Å². The maximum Gasteiger partial charge on any atom is 0.264 e. The molecule has 0 spiro atoms. The highest BCUT2D eigenvalue weighted by Crippen LogP contribution is 2.28. The largest absolute Gasteiger partial charge is 0.355 e. The Morgan fingerprint density at radius 3 is 2.96 bits per heavy atom. The van der Waals surface area contributed by atoms with Gasteiger partial charge in [-0.3, -0.25) is 14.6 Å². The van der Waals surface area contributed by atoms with Crippen LogP contribution in [0.1, 0.15) is 33.3 Å². The van der Waals surface area contributed by atoms with Crippen molar-refractivity contribution in [3.63, 3.8) is 0 Å². The molecule has 0 bridgehead atoms. The summed E-state index contributed by atoms with van der Waals surface area (Å²) in [4.78, 5) is 36.6. The second kappa shape index (κ2) is 8.35. The molecular formula is C20H21N5O2S. The predicted octanol–water partition coefficient (Wildman–Crippen LogP) is 2.29. The standard InChI is InChI=1S/C20H21N5O2S/c26-19(23-7-3-9-24-10-8-21-14-24)16-13-25(20(27)17-5-2-11-28-17)12-15-4-1-6-22-18(15)16/h1-2,4-6,8,10-11,14,16H,3,7,9,12-13H2,(H,23,26). The topological polar surface area (TPSA) is 80.1 Å². The average Bonchev–Trinajstić information content (AvgIpc) is 3.44. The number of nitrogens with zero attached hydrogens (tertiary/aromatic N) is 4. The maximum absolute atomic E-state index is 12.9. The molecule has 3 aromatic heterocycles. The SMILES string of the molecule is O=C(NCCCn1ccnc1)C1CN(C(=O)c2cccs2)Cc2cccnc21. The second-order valence-corrected chi connectivity index (χ2v) is 7.66. The number of aromatic nitrogens is 3. The quantitative estimate of drug-likeness (QED) is 0.650. The van der Waals surface area contributed by atoms with Crippen LogP contribution in [0, 0.1) is 0 Å². The van der Waals surface area contributed by atoms with Crippen molar-refractivity contribution in [3.05, 3.63) is 70.7 Å². The molecule has 0 saturated carbocycles. The molecule has 1 unspecified atom stereocenters. The lowest BCUT2D eigenvalue weighted by Gasteiger charge is -2.33. The molecule has 0 radical (unpaired) electrons. The Morgan fingerprint density at radius 1 is 1.25 bits per heavy atom. The highest BCUT2D eigenvalue weighted by Gasteiger charge is 2.34. The lowest BCUT2D eigenvalue weighted by molar-refractivity contribution is -0.123. The van der Waals surface area contributed by atoms with Crippen molar-refractivity contribution in [1.82, 2.24) is 24.8 Å². The molecule has 0 fully saturated rings. The minimum atomic E-state index is -0.456. The fraction of sp³-hybridized carbons (Fsp3) is 0.300. The van der Waals surface area contributed by atoms with Gasteiger partial charge in [-0.2, -0.15) is 0 Å². The number of amides is 2. The predicted molar refractivity (Wildman–Crippen MR) is 106 cm³/mol. The number of carbonyl (C=O) groups is 2. The van der Waals surface area contributed by atoms with Crippen molar-refractivity contribution >= 4 is 23.2 Å². The molecule has 8 heteroatoms. The van der Waals surface area contributed by atoms with Gasteiger partial charge >= 0.3 is 0 Å². The van der Waals surface area contributed by atoms with E-state index in [0.29, 0.717) is 24.5 Å². The lowest BCUT2D eigenvalue weighted by atomic mass is 9.93. The number of carbonyl (C=O) groups excluding carboxylic acids is 2. The maximum atomic E-state index is 12.9. The summed E-state index contributed by atoms with van der Waals surface area (Å²) < 4.78 is 1.98. The molecule has 1 atom stereocenters. The number of fused-ring (bicyclic) bond motifs is 1. The molecule has 3 aromatic rings. The molecule has 0 aliphatic carbocycles. The van der Waals surface area contributed by atoms with Crippen LogP contribution in [0.4, 0.5) is 0 Å². The van der Waals surface area contributed by atoms with Crippen molar-refractivity contribution in [2.75, 3.05) is 13.1 Å². The third kappa shape index (κ3) is 3.96. The van der Waals surface area contributed by atoms with Gasteiger partial charge in [0, 0.05) is 44.8 Å². The number of thiophene rings is 1. The van der Waals surface area contributed by atoms with Crippen molar-refractivity contribution in [1.29, 1.82) is 0 Å². The summed E-state index contributed by atoms with van der Waals surface area (Å²) in [6.45, 7) is 2.18. The Bertz CT molecular complexity index is 939. The number of rotatable bonds is 6. The van der Waals surface area contributed by atoms with Crippen molar-refractivity contribution in [2.45, 2.75) is 25.4 Å². The van der Waals surface area contributed by atoms with E-state index in [0.717, 1.165) is 24.2 Å². The number of nitrogens with one attached hydrogen (secondary N) is 1. The Hall–Kier alpha value is -3.00. The van der Waals surface area contributed by atoms with Crippen LogP contribution in [-0.4, -0.2) is 44.3 Å². The van der Waals surface area contributed by atoms with E-state index in [1.54, 1.807) is 23.6 Å². The van der Waals surface area contributed by atoms with Crippen LogP contribution in [0.15, 0.2) is 54.6 Å². The molecule has 4 heterocycles. The number of pyridine rings is 1. The van der Waals surface area contributed by atoms with Crippen LogP contribution in [0.5, 0.6) is 0 Å². The van der Waals surface area contributed by atoms with E-state index in [4.69, 9.17) is 0 Å². The molecule has 1 aliphatic heterocycles. The molecule has 4 rings (SSSR count). The van der Waals surface area contributed by atoms with Crippen LogP contribution < -0.4 is 5.32 Å². The summed E-state index contributed by atoms with van der Waals surface area (Å²) in [5, 5.41) is 4.89. The fourth-order valence-electron chi connectivity index (χ4n) is 3.41. The van der Waals surface area contributed by atoms with Crippen LogP contribution in [0.2, 0.25) is 0 Å². The van der Waals surface area contributed by atoms with Gasteiger partial charge in [0.15, 0.2) is 0 Å². The van der Waals surface area contributed by atoms with Gasteiger partial charge in [-0.25, -0.2) is 4.98 Å². The zero-order valence-corrected chi connectivity index (χ0v) is 16.1. The minimum Gasteiger partial charge on any atom is -0.355 e. The fourth-order valence-corrected chi connectivity index (χ4v) is 4.10. The molecule has 1 N–H and O–H groups in total. The van der Waals surface area contributed by atoms with Gasteiger partial charge in [0.2, 0.25) is 5.91 Å². The van der Waals surface area contributed by atoms with E-state index in [-0.39, 0.29) is 11.8 Å². The normalized spacial score (nSPS) is 15.9. The van der Waals surface area contributed by atoms with Gasteiger partial charge in [0.05, 0.1) is 22.8 Å². The van der Waals surface area contributed by atoms with Crippen LogP contribution in [0.3, 0.4) is 0 Å². The van der Waals surface area contributed by atoms with Crippen molar-refractivity contribution in [3.8, 4) is 0 Å². The van der Waals surface area contributed by atoms with Crippen molar-refractivity contribution < 1.29 is 9.59 Å². The number of hydrogen-bond acceptors (Lipinski definition) is 5. The van der Waals surface area contributed by atoms with E-state index < -0.39 is 5.92 Å². The number of aryl methyl sites for hydroxylation is 1. The summed E-state index contributed by atoms with van der Waals surface area (Å²) in [7, 11) is 0. The van der Waals surface area contributed by atoms with Gasteiger partial charge in [0.1, 0.15) is 0 Å². The second-order valence-electron chi connectivity index (χ2n) is 6.71. The third-order valence-corrected chi connectivity index (χ3v) is 5.67. The summed E-state index contributed by atoms with van der Waals surface area (Å²) in [6.07, 6.45) is 7.91. The van der Waals surface area contributed by atoms with Gasteiger partial charge in [-0.05, 0) is 29.5 Å². The minimum absolute atomic E-state index is 0.0394. The monoisotopic (exact) mass is 395 g/mol. The van der Waals surface area contributed by atoms with Gasteiger partial charge in [0.25, 0.3) is 5.91 Å². The Morgan fingerprint density at radius 2 is 2.18 bits per heavy atom. The zero-order chi connectivity index (χ0) is 19.3. The highest BCUT2D eigenvalue weighted by molar-refractivity contribution is 7.12. The first kappa shape index (κ1) is 18.4. The van der Waals surface area contributed by atoms with Crippen molar-refractivity contribution in [2.24, 2.45) is 0 Å². The summed E-state index contributed by atoms with van der Waals surface area (Å²) in [6, 6.07) is 7.46. The van der Waals surface area contributed by atoms with Gasteiger partial charge in [-0.1, -0.05) is 12.1 Å². The van der Waals surface area contributed by atoms with E-state index in [9.17, 15) is 9.59 Å². The Labute approximate surface area is 167 Å². The Balaban J connectivity index is 1.43. The zero-order valence-electron chi connectivity index (χ0n) is 15.3. The Kier molecular flexibility index (Phi) is 5.48. The average molecular weight is 395 g/mol. The summed E-state index contributed by atoms with van der Waals surface area (Å²) in [5.74, 6) is -0.584. The third-order valence-electron chi connectivity index (χ3n) is 4.81. The lowest BCUT2D eigenvalue weighted by Crippen LogP contribution is -2.44. The van der Waals surface area contributed by atoms with Gasteiger partial charge in [-0.15, -0.1) is 11.3 Å². The number of hydrogen-bond donors (Lipinski definition) is 1. The molecule has 7 nitrogen and oxygen atoms in total. The molecular weight excluding hydrogens is 374 g/mol. The summed E-state index contributed by atoms with van der Waals surface area (Å²) in [5.41, 5.74) is 1.70. The first-order valence-corrected chi connectivity index (χ1v) is 10.1. The van der Waals surface area contributed by atoms with Crippen LogP contribution in [0.25, 0.3) is 0 Å². The number of imidazole rings is 1. The molecule has 0 saturated heterocycles. The first-order valence-electron chi connectivity index (χ1n) is 9.22. The molecule has 1 aliphatic rings. The smallest absolute Gasteiger partial charge is 0.264 e. The first-order chi connectivity index (χ1) is 13.7.